The number of nitrogens with zero attached hydrogens (tertiary/aromatic N) is 4. The summed E-state index contributed by atoms with van der Waals surface area (Å²) in [4.78, 5) is 5.65. The highest BCUT2D eigenvalue weighted by Gasteiger charge is 2.40. The molecule has 0 radical (unpaired) electrons. The summed E-state index contributed by atoms with van der Waals surface area (Å²) in [5.41, 5.74) is -10.1. The Morgan fingerprint density at radius 3 is 1.25 bits per heavy atom. The van der Waals surface area contributed by atoms with Gasteiger partial charge in [-0.2, -0.15) is 20.2 Å². The number of fused-ring (bicyclic) bond motifs is 2. The van der Waals surface area contributed by atoms with E-state index in [-0.39, 0.29) is 12.1 Å². The molecule has 0 saturated heterocycles. The fourth-order valence-electron chi connectivity index (χ4n) is 5.33. The van der Waals surface area contributed by atoms with E-state index in [0.717, 1.165) is 0 Å². The minimum atomic E-state index is -2.14. The maximum atomic E-state index is 16.2. The third kappa shape index (κ3) is 3.96. The number of hydrogen-bond donors (Lipinski definition) is 0. The molecule has 0 saturated carbocycles. The smallest absolute Gasteiger partial charge is 0.207 e. The number of halogens is 10. The molecule has 0 N–H and O–H groups in total. The third-order valence-corrected chi connectivity index (χ3v) is 7.11. The van der Waals surface area contributed by atoms with Gasteiger partial charge in [0.25, 0.3) is 0 Å². The van der Waals surface area contributed by atoms with Crippen LogP contribution in [-0.4, -0.2) is 0 Å². The monoisotopic (exact) mass is 612 g/mol. The van der Waals surface area contributed by atoms with Gasteiger partial charge in [0.15, 0.2) is 46.5 Å². The van der Waals surface area contributed by atoms with Crippen molar-refractivity contribution in [3.63, 3.8) is 0 Å². The van der Waals surface area contributed by atoms with E-state index in [1.54, 1.807) is 0 Å². The Morgan fingerprint density at radius 1 is 0.568 bits per heavy atom. The molecule has 0 heterocycles. The van der Waals surface area contributed by atoms with Crippen LogP contribution in [0.15, 0.2) is 34.7 Å². The number of rotatable bonds is 2. The van der Waals surface area contributed by atoms with Crippen molar-refractivity contribution >= 4 is 11.7 Å². The van der Waals surface area contributed by atoms with Crippen LogP contribution in [0.2, 0.25) is 0 Å². The first-order valence-corrected chi connectivity index (χ1v) is 11.8. The lowest BCUT2D eigenvalue weighted by atomic mass is 9.86. The normalized spacial score (nSPS) is 13.2. The maximum Gasteiger partial charge on any atom is 0.525 e. The summed E-state index contributed by atoms with van der Waals surface area (Å²) in [5.74, 6) is -21.0. The molecule has 0 unspecified atom stereocenters. The van der Waals surface area contributed by atoms with E-state index in [1.165, 1.54) is 12.1 Å². The highest BCUT2D eigenvalue weighted by atomic mass is 19.2. The summed E-state index contributed by atoms with van der Waals surface area (Å²) in [6.07, 6.45) is -2.14. The minimum Gasteiger partial charge on any atom is -0.207 e. The molecule has 5 rings (SSSR count). The molecule has 0 atom stereocenters. The first-order chi connectivity index (χ1) is 20.8. The Balaban J connectivity index is 2.22. The number of benzene rings is 3. The van der Waals surface area contributed by atoms with E-state index in [9.17, 15) is 28.1 Å². The van der Waals surface area contributed by atoms with Crippen LogP contribution in [0.25, 0.3) is 43.6 Å². The molecule has 3 aromatic carbocycles. The largest absolute Gasteiger partial charge is 0.525 e. The molecule has 14 heteroatoms. The molecule has 0 aromatic heterocycles. The lowest BCUT2D eigenvalue weighted by Gasteiger charge is -2.18. The molecule has 0 fully saturated rings. The Bertz CT molecular complexity index is 2030. The van der Waals surface area contributed by atoms with Crippen LogP contribution in [0.5, 0.6) is 0 Å². The fourth-order valence-corrected chi connectivity index (χ4v) is 5.33. The highest BCUT2D eigenvalue weighted by molar-refractivity contribution is 5.90. The second kappa shape index (κ2) is 10.4. The van der Waals surface area contributed by atoms with E-state index >= 15 is 26.3 Å². The number of allylic oxidation sites excluding steroid dienone is 3. The molecule has 2 aliphatic carbocycles. The van der Waals surface area contributed by atoms with Gasteiger partial charge in [-0.15, -0.1) is 0 Å². The van der Waals surface area contributed by atoms with Crippen LogP contribution in [0.3, 0.4) is 0 Å². The van der Waals surface area contributed by atoms with E-state index in [4.69, 9.17) is 13.1 Å². The summed E-state index contributed by atoms with van der Waals surface area (Å²) >= 11 is 0. The van der Waals surface area contributed by atoms with Crippen LogP contribution in [-0.2, 0) is 12.8 Å². The molecular weight excluding hydrogens is 606 g/mol. The van der Waals surface area contributed by atoms with Gasteiger partial charge < -0.3 is 0 Å². The zero-order valence-corrected chi connectivity index (χ0v) is 21.1. The van der Waals surface area contributed by atoms with Crippen molar-refractivity contribution in [1.29, 1.82) is 10.5 Å². The predicted octanol–water partition coefficient (Wildman–Crippen LogP) is 6.79. The summed E-state index contributed by atoms with van der Waals surface area (Å²) in [5, 5.41) is 16.5. The van der Waals surface area contributed by atoms with Gasteiger partial charge in [-0.25, -0.2) is 43.9 Å². The predicted molar refractivity (Wildman–Crippen MR) is 131 cm³/mol. The Hall–Kier alpha value is -5.86. The SMILES string of the molecule is [C-]#[N+]C([N+]#[C-])=C1Cc2c(-c3c(F)c(F)cc(F)c3F)c3c(c(-c4c(F)c(F)cc(F)c4F)c2=C1F)CC(=C(C#N)C#N)C=3F. The lowest BCUT2D eigenvalue weighted by molar-refractivity contribution is 0.457. The van der Waals surface area contributed by atoms with Crippen LogP contribution >= 0.6 is 0 Å². The molecule has 2 aliphatic rings. The molecule has 4 nitrogen and oxygen atoms in total. The third-order valence-electron chi connectivity index (χ3n) is 7.11. The molecule has 0 bridgehead atoms. The Kier molecular flexibility index (Phi) is 7.03. The van der Waals surface area contributed by atoms with Gasteiger partial charge in [-0.3, -0.25) is 0 Å². The van der Waals surface area contributed by atoms with Crippen LogP contribution in [0.1, 0.15) is 11.1 Å². The van der Waals surface area contributed by atoms with Gasteiger partial charge in [0.2, 0.25) is 0 Å². The zero-order chi connectivity index (χ0) is 32.4. The number of nitriles is 2. The van der Waals surface area contributed by atoms with Crippen molar-refractivity contribution in [2.75, 3.05) is 0 Å². The van der Waals surface area contributed by atoms with Crippen molar-refractivity contribution in [2.45, 2.75) is 12.8 Å². The van der Waals surface area contributed by atoms with Gasteiger partial charge in [0.05, 0.1) is 16.7 Å². The minimum absolute atomic E-state index is 0.202. The van der Waals surface area contributed by atoms with Crippen LogP contribution in [0, 0.1) is 82.3 Å². The second-order valence-electron chi connectivity index (χ2n) is 9.23. The fraction of sp³-hybridized carbons (Fsp3) is 0.0667. The first-order valence-electron chi connectivity index (χ1n) is 11.8. The van der Waals surface area contributed by atoms with E-state index in [2.05, 4.69) is 9.69 Å². The van der Waals surface area contributed by atoms with Crippen molar-refractivity contribution < 1.29 is 43.9 Å². The molecule has 0 spiro atoms. The second-order valence-corrected chi connectivity index (χ2v) is 9.23. The van der Waals surface area contributed by atoms with Crippen molar-refractivity contribution in [3.05, 3.63) is 126 Å². The van der Waals surface area contributed by atoms with Gasteiger partial charge in [0.1, 0.15) is 42.5 Å². The standard InChI is InChI=1S/C30H6F10N4/c1-43-30(44-2)13-4-12-19(23-28(39)16(33)6-17(34)29(23)40)20-11(3-10(24(20)35)9(7-41)8-42)18(21(12)25(13)36)22-26(37)14(31)5-15(32)27(22)38/h5-6H,3-4H2. The summed E-state index contributed by atoms with van der Waals surface area (Å²) in [6, 6.07) is 2.26. The maximum absolute atomic E-state index is 16.2. The summed E-state index contributed by atoms with van der Waals surface area (Å²) in [7, 11) is 0. The summed E-state index contributed by atoms with van der Waals surface area (Å²) in [6.45, 7) is 14.4. The van der Waals surface area contributed by atoms with Crippen LogP contribution in [0.4, 0.5) is 43.9 Å². The van der Waals surface area contributed by atoms with Gasteiger partial charge in [0, 0.05) is 52.1 Å². The van der Waals surface area contributed by atoms with Crippen molar-refractivity contribution in [2.24, 2.45) is 0 Å². The molecule has 0 amide bonds. The Labute approximate surface area is 239 Å². The van der Waals surface area contributed by atoms with E-state index < -0.39 is 137 Å². The van der Waals surface area contributed by atoms with Crippen LogP contribution < -0.4 is 10.4 Å². The molecular formula is C30H6F10N4. The summed E-state index contributed by atoms with van der Waals surface area (Å²) < 4.78 is 151. The van der Waals surface area contributed by atoms with Crippen molar-refractivity contribution in [1.82, 2.24) is 0 Å². The van der Waals surface area contributed by atoms with Gasteiger partial charge in [-0.1, -0.05) is 0 Å². The van der Waals surface area contributed by atoms with Crippen molar-refractivity contribution in [3.8, 4) is 34.4 Å². The molecule has 0 aliphatic heterocycles. The molecule has 216 valence electrons. The Morgan fingerprint density at radius 2 is 0.909 bits per heavy atom. The number of hydrogen-bond acceptors (Lipinski definition) is 2. The molecule has 3 aromatic rings. The quantitative estimate of drug-likeness (QED) is 0.139. The average Bonchev–Trinajstić information content (AvgIpc) is 3.50. The highest BCUT2D eigenvalue weighted by Crippen LogP contribution is 2.43. The van der Waals surface area contributed by atoms with Gasteiger partial charge >= 0.3 is 5.82 Å². The van der Waals surface area contributed by atoms with Gasteiger partial charge in [-0.05, 0) is 11.1 Å². The lowest BCUT2D eigenvalue weighted by Crippen LogP contribution is -2.26. The van der Waals surface area contributed by atoms with E-state index in [0.29, 0.717) is 0 Å². The molecule has 44 heavy (non-hydrogen) atoms. The average molecular weight is 612 g/mol. The first kappa shape index (κ1) is 29.6. The zero-order valence-electron chi connectivity index (χ0n) is 21.1. The van der Waals surface area contributed by atoms with E-state index in [1.807, 2.05) is 0 Å². The topological polar surface area (TPSA) is 56.3 Å².